The topological polar surface area (TPSA) is 16.1 Å². The molecule has 1 aliphatic heterocycles. The van der Waals surface area contributed by atoms with Crippen molar-refractivity contribution in [2.45, 2.75) is 31.7 Å². The number of rotatable bonds is 4. The summed E-state index contributed by atoms with van der Waals surface area (Å²) in [7, 11) is 0. The Labute approximate surface area is 110 Å². The zero-order valence-corrected chi connectivity index (χ0v) is 11.5. The number of alkyl halides is 1. The first-order valence-corrected chi connectivity index (χ1v) is 7.09. The molecule has 1 aliphatic rings. The van der Waals surface area contributed by atoms with Crippen LogP contribution in [-0.2, 0) is 0 Å². The summed E-state index contributed by atoms with van der Waals surface area (Å²) in [6.45, 7) is 1.11. The lowest BCUT2D eigenvalue weighted by Gasteiger charge is -2.26. The molecule has 2 rings (SSSR count). The number of aromatic nitrogens is 1. The van der Waals surface area contributed by atoms with E-state index in [1.807, 2.05) is 12.3 Å². The van der Waals surface area contributed by atoms with Gasteiger partial charge in [0.2, 0.25) is 0 Å². The summed E-state index contributed by atoms with van der Waals surface area (Å²) in [5, 5.41) is 0. The molecule has 88 valence electrons. The van der Waals surface area contributed by atoms with Crippen LogP contribution < -0.4 is 4.90 Å². The fourth-order valence-corrected chi connectivity index (χ4v) is 2.95. The SMILES string of the molecule is ClCCCC1CCCN1c1ncccc1Br. The highest BCUT2D eigenvalue weighted by atomic mass is 79.9. The van der Waals surface area contributed by atoms with Crippen LogP contribution in [0.3, 0.4) is 0 Å². The number of halogens is 2. The second kappa shape index (κ2) is 5.87. The summed E-state index contributed by atoms with van der Waals surface area (Å²) in [5.74, 6) is 1.84. The molecular weight excluding hydrogens is 288 g/mol. The predicted octanol–water partition coefficient (Wildman–Crippen LogP) is 3.83. The average molecular weight is 304 g/mol. The number of nitrogens with zero attached hydrogens (tertiary/aromatic N) is 2. The van der Waals surface area contributed by atoms with Gasteiger partial charge in [-0.2, -0.15) is 0 Å². The molecule has 1 saturated heterocycles. The molecule has 2 nitrogen and oxygen atoms in total. The Hall–Kier alpha value is -0.280. The van der Waals surface area contributed by atoms with Crippen molar-refractivity contribution in [3.63, 3.8) is 0 Å². The van der Waals surface area contributed by atoms with E-state index in [2.05, 4.69) is 31.9 Å². The summed E-state index contributed by atoms with van der Waals surface area (Å²) in [5.41, 5.74) is 0. The Morgan fingerprint density at radius 2 is 2.44 bits per heavy atom. The average Bonchev–Trinajstić information content (AvgIpc) is 2.75. The van der Waals surface area contributed by atoms with E-state index < -0.39 is 0 Å². The van der Waals surface area contributed by atoms with Crippen LogP contribution >= 0.6 is 27.5 Å². The van der Waals surface area contributed by atoms with Gasteiger partial charge in [-0.25, -0.2) is 4.98 Å². The van der Waals surface area contributed by atoms with E-state index in [0.29, 0.717) is 6.04 Å². The van der Waals surface area contributed by atoms with Gasteiger partial charge in [0.05, 0.1) is 4.47 Å². The Bertz CT molecular complexity index is 346. The van der Waals surface area contributed by atoms with Crippen molar-refractivity contribution in [3.8, 4) is 0 Å². The molecular formula is C12H16BrClN2. The zero-order chi connectivity index (χ0) is 11.4. The monoisotopic (exact) mass is 302 g/mol. The fraction of sp³-hybridized carbons (Fsp3) is 0.583. The van der Waals surface area contributed by atoms with Crippen molar-refractivity contribution in [1.29, 1.82) is 0 Å². The van der Waals surface area contributed by atoms with Gasteiger partial charge in [0, 0.05) is 24.7 Å². The minimum Gasteiger partial charge on any atom is -0.353 e. The highest BCUT2D eigenvalue weighted by Gasteiger charge is 2.26. The molecule has 0 saturated carbocycles. The smallest absolute Gasteiger partial charge is 0.143 e. The van der Waals surface area contributed by atoms with Gasteiger partial charge in [0.1, 0.15) is 5.82 Å². The minimum atomic E-state index is 0.616. The fourth-order valence-electron chi connectivity index (χ4n) is 2.32. The third-order valence-corrected chi connectivity index (χ3v) is 3.95. The van der Waals surface area contributed by atoms with Gasteiger partial charge in [0.25, 0.3) is 0 Å². The van der Waals surface area contributed by atoms with Gasteiger partial charge in [-0.05, 0) is 53.7 Å². The molecule has 0 radical (unpaired) electrons. The molecule has 2 heterocycles. The van der Waals surface area contributed by atoms with E-state index >= 15 is 0 Å². The molecule has 0 aliphatic carbocycles. The van der Waals surface area contributed by atoms with E-state index in [-0.39, 0.29) is 0 Å². The molecule has 0 spiro atoms. The molecule has 4 heteroatoms. The Balaban J connectivity index is 2.10. The summed E-state index contributed by atoms with van der Waals surface area (Å²) < 4.78 is 1.09. The van der Waals surface area contributed by atoms with Crippen LogP contribution in [0, 0.1) is 0 Å². The molecule has 1 fully saturated rings. The Kier molecular flexibility index (Phi) is 4.47. The van der Waals surface area contributed by atoms with Gasteiger partial charge in [0.15, 0.2) is 0 Å². The molecule has 1 aromatic heterocycles. The van der Waals surface area contributed by atoms with Crippen LogP contribution in [0.25, 0.3) is 0 Å². The van der Waals surface area contributed by atoms with E-state index in [1.165, 1.54) is 19.3 Å². The normalized spacial score (nSPS) is 20.4. The molecule has 1 unspecified atom stereocenters. The third kappa shape index (κ3) is 2.69. The van der Waals surface area contributed by atoms with Gasteiger partial charge >= 0.3 is 0 Å². The molecule has 16 heavy (non-hydrogen) atoms. The van der Waals surface area contributed by atoms with E-state index in [1.54, 1.807) is 0 Å². The van der Waals surface area contributed by atoms with Gasteiger partial charge < -0.3 is 4.90 Å². The van der Waals surface area contributed by atoms with Crippen LogP contribution in [0.2, 0.25) is 0 Å². The molecule has 0 bridgehead atoms. The van der Waals surface area contributed by atoms with Crippen LogP contribution in [0.4, 0.5) is 5.82 Å². The first kappa shape index (κ1) is 12.2. The number of hydrogen-bond donors (Lipinski definition) is 0. The first-order chi connectivity index (χ1) is 7.83. The van der Waals surface area contributed by atoms with Gasteiger partial charge in [-0.15, -0.1) is 11.6 Å². The summed E-state index contributed by atoms with van der Waals surface area (Å²) in [6, 6.07) is 4.63. The second-order valence-electron chi connectivity index (χ2n) is 4.13. The molecule has 1 atom stereocenters. The number of anilines is 1. The highest BCUT2D eigenvalue weighted by molar-refractivity contribution is 9.10. The van der Waals surface area contributed by atoms with E-state index in [0.717, 1.165) is 29.1 Å². The van der Waals surface area contributed by atoms with Gasteiger partial charge in [-0.1, -0.05) is 0 Å². The Morgan fingerprint density at radius 1 is 1.56 bits per heavy atom. The maximum atomic E-state index is 5.76. The largest absolute Gasteiger partial charge is 0.353 e. The molecule has 0 N–H and O–H groups in total. The highest BCUT2D eigenvalue weighted by Crippen LogP contribution is 2.31. The van der Waals surface area contributed by atoms with Crippen LogP contribution in [0.15, 0.2) is 22.8 Å². The minimum absolute atomic E-state index is 0.616. The maximum Gasteiger partial charge on any atom is 0.143 e. The number of pyridine rings is 1. The lowest BCUT2D eigenvalue weighted by Crippen LogP contribution is -2.30. The molecule has 0 amide bonds. The standard InChI is InChI=1S/C12H16BrClN2/c13-11-6-2-8-15-12(11)16-9-3-5-10(16)4-1-7-14/h2,6,8,10H,1,3-5,7,9H2. The van der Waals surface area contributed by atoms with Crippen molar-refractivity contribution in [2.24, 2.45) is 0 Å². The first-order valence-electron chi connectivity index (χ1n) is 5.76. The van der Waals surface area contributed by atoms with Crippen molar-refractivity contribution >= 4 is 33.3 Å². The van der Waals surface area contributed by atoms with Crippen LogP contribution in [0.5, 0.6) is 0 Å². The predicted molar refractivity (Wildman–Crippen MR) is 72.3 cm³/mol. The van der Waals surface area contributed by atoms with Crippen LogP contribution in [-0.4, -0.2) is 23.5 Å². The second-order valence-corrected chi connectivity index (χ2v) is 5.36. The van der Waals surface area contributed by atoms with Crippen molar-refractivity contribution < 1.29 is 0 Å². The lowest BCUT2D eigenvalue weighted by molar-refractivity contribution is 0.598. The van der Waals surface area contributed by atoms with Crippen molar-refractivity contribution in [2.75, 3.05) is 17.3 Å². The van der Waals surface area contributed by atoms with E-state index in [4.69, 9.17) is 11.6 Å². The zero-order valence-electron chi connectivity index (χ0n) is 9.20. The summed E-state index contributed by atoms with van der Waals surface area (Å²) in [6.07, 6.45) is 6.65. The quantitative estimate of drug-likeness (QED) is 0.786. The molecule has 1 aromatic rings. The van der Waals surface area contributed by atoms with Crippen LogP contribution in [0.1, 0.15) is 25.7 Å². The van der Waals surface area contributed by atoms with Gasteiger partial charge in [-0.3, -0.25) is 0 Å². The summed E-state index contributed by atoms with van der Waals surface area (Å²) >= 11 is 9.33. The molecule has 0 aromatic carbocycles. The number of hydrogen-bond acceptors (Lipinski definition) is 2. The van der Waals surface area contributed by atoms with Crippen molar-refractivity contribution in [1.82, 2.24) is 4.98 Å². The lowest BCUT2D eigenvalue weighted by atomic mass is 10.1. The Morgan fingerprint density at radius 3 is 3.19 bits per heavy atom. The summed E-state index contributed by atoms with van der Waals surface area (Å²) in [4.78, 5) is 6.88. The third-order valence-electron chi connectivity index (χ3n) is 3.06. The maximum absolute atomic E-state index is 5.76. The van der Waals surface area contributed by atoms with E-state index in [9.17, 15) is 0 Å². The van der Waals surface area contributed by atoms with Crippen molar-refractivity contribution in [3.05, 3.63) is 22.8 Å².